The molecule has 1 aliphatic carbocycles. The molecule has 0 atom stereocenters. The Morgan fingerprint density at radius 1 is 1.03 bits per heavy atom. The minimum absolute atomic E-state index is 0.0877. The van der Waals surface area contributed by atoms with Gasteiger partial charge in [-0.05, 0) is 75.0 Å². The van der Waals surface area contributed by atoms with E-state index in [0.29, 0.717) is 24.6 Å². The normalized spacial score (nSPS) is 29.7. The lowest BCUT2D eigenvalue weighted by Crippen LogP contribution is -2.40. The summed E-state index contributed by atoms with van der Waals surface area (Å²) in [5.74, 6) is 2.17. The third kappa shape index (κ3) is 4.67. The van der Waals surface area contributed by atoms with Crippen molar-refractivity contribution < 1.29 is 14.2 Å². The topological polar surface area (TPSA) is 87.7 Å². The number of nitrogen functional groups attached to an aromatic ring is 1. The van der Waals surface area contributed by atoms with Crippen molar-refractivity contribution in [2.45, 2.75) is 69.1 Å². The number of nitrogens with zero attached hydrogens (tertiary/aromatic N) is 4. The van der Waals surface area contributed by atoms with E-state index in [1.165, 1.54) is 19.4 Å². The van der Waals surface area contributed by atoms with Crippen LogP contribution in [0.2, 0.25) is 0 Å². The molecule has 8 nitrogen and oxygen atoms in total. The second kappa shape index (κ2) is 10.1. The monoisotopic (exact) mass is 517 g/mol. The predicted octanol–water partition coefficient (Wildman–Crippen LogP) is 4.83. The molecular formula is C30H39N5O3. The number of aromatic nitrogens is 3. The van der Waals surface area contributed by atoms with E-state index in [0.717, 1.165) is 98.7 Å². The maximum atomic E-state index is 6.45. The van der Waals surface area contributed by atoms with Crippen LogP contribution in [0, 0.1) is 5.92 Å². The third-order valence-electron chi connectivity index (χ3n) is 9.38. The van der Waals surface area contributed by atoms with Crippen LogP contribution in [0.25, 0.3) is 22.2 Å². The Kier molecular flexibility index (Phi) is 6.50. The van der Waals surface area contributed by atoms with Crippen LogP contribution in [0.15, 0.2) is 36.8 Å². The van der Waals surface area contributed by atoms with E-state index in [9.17, 15) is 0 Å². The van der Waals surface area contributed by atoms with Crippen LogP contribution in [0.4, 0.5) is 5.82 Å². The first-order valence-electron chi connectivity index (χ1n) is 14.5. The Labute approximate surface area is 224 Å². The fourth-order valence-electron chi connectivity index (χ4n) is 7.21. The second-order valence-electron chi connectivity index (χ2n) is 11.8. The lowest BCUT2D eigenvalue weighted by molar-refractivity contribution is -0.0198. The molecule has 8 heteroatoms. The standard InChI is InChI=1S/C30H39N5O3/c31-28-27-26(22-2-1-3-25(16-22)37-19-30-10-8-24(38-30)9-11-30)18-35(29(27)33-20-32-28)23-6-4-21(5-7-23)17-34-12-14-36-15-13-34/h1-3,16,18,20-21,23-24H,4-15,17,19H2,(H2,31,32,33)/t21-,23-,24?,30?. The highest BCUT2D eigenvalue weighted by atomic mass is 16.6. The molecule has 2 bridgehead atoms. The van der Waals surface area contributed by atoms with Crippen molar-refractivity contribution >= 4 is 16.9 Å². The fourth-order valence-corrected chi connectivity index (χ4v) is 7.21. The van der Waals surface area contributed by atoms with E-state index in [1.54, 1.807) is 6.33 Å². The van der Waals surface area contributed by atoms with Crippen molar-refractivity contribution in [3.8, 4) is 16.9 Å². The highest BCUT2D eigenvalue weighted by molar-refractivity contribution is 6.00. The maximum absolute atomic E-state index is 6.45. The molecular weight excluding hydrogens is 478 g/mol. The molecule has 4 aliphatic rings. The molecule has 0 unspecified atom stereocenters. The van der Waals surface area contributed by atoms with Gasteiger partial charge >= 0.3 is 0 Å². The number of benzene rings is 1. The Balaban J connectivity index is 1.10. The molecule has 3 aliphatic heterocycles. The summed E-state index contributed by atoms with van der Waals surface area (Å²) in [6.07, 6.45) is 13.6. The van der Waals surface area contributed by atoms with Crippen LogP contribution in [-0.2, 0) is 9.47 Å². The molecule has 5 heterocycles. The summed E-state index contributed by atoms with van der Waals surface area (Å²) in [5, 5.41) is 0.941. The molecule has 1 saturated carbocycles. The fraction of sp³-hybridized carbons (Fsp3) is 0.600. The molecule has 202 valence electrons. The number of hydrogen-bond acceptors (Lipinski definition) is 7. The van der Waals surface area contributed by atoms with Gasteiger partial charge in [0.25, 0.3) is 0 Å². The van der Waals surface area contributed by atoms with Crippen LogP contribution in [-0.4, -0.2) is 70.6 Å². The van der Waals surface area contributed by atoms with Crippen LogP contribution < -0.4 is 10.5 Å². The Hall–Kier alpha value is -2.68. The van der Waals surface area contributed by atoms with E-state index in [-0.39, 0.29) is 5.60 Å². The Bertz CT molecular complexity index is 1270. The lowest BCUT2D eigenvalue weighted by Gasteiger charge is -2.34. The predicted molar refractivity (Wildman–Crippen MR) is 147 cm³/mol. The zero-order valence-electron chi connectivity index (χ0n) is 22.2. The van der Waals surface area contributed by atoms with Gasteiger partial charge in [0.05, 0.1) is 24.7 Å². The first-order valence-corrected chi connectivity index (χ1v) is 14.5. The summed E-state index contributed by atoms with van der Waals surface area (Å²) in [5.41, 5.74) is 9.47. The highest BCUT2D eigenvalue weighted by Crippen LogP contribution is 2.44. The molecule has 0 amide bonds. The van der Waals surface area contributed by atoms with Crippen LogP contribution in [0.1, 0.15) is 57.4 Å². The summed E-state index contributed by atoms with van der Waals surface area (Å²) in [7, 11) is 0. The van der Waals surface area contributed by atoms with E-state index < -0.39 is 0 Å². The quantitative estimate of drug-likeness (QED) is 0.480. The minimum Gasteiger partial charge on any atom is -0.491 e. The van der Waals surface area contributed by atoms with Gasteiger partial charge in [0.15, 0.2) is 0 Å². The summed E-state index contributed by atoms with van der Waals surface area (Å²) >= 11 is 0. The van der Waals surface area contributed by atoms with E-state index in [4.69, 9.17) is 24.9 Å². The first-order chi connectivity index (χ1) is 18.7. The van der Waals surface area contributed by atoms with Crippen molar-refractivity contribution in [3.63, 3.8) is 0 Å². The number of rotatable bonds is 7. The Morgan fingerprint density at radius 2 is 1.84 bits per heavy atom. The third-order valence-corrected chi connectivity index (χ3v) is 9.38. The maximum Gasteiger partial charge on any atom is 0.146 e. The molecule has 4 fully saturated rings. The average molecular weight is 518 g/mol. The summed E-state index contributed by atoms with van der Waals surface area (Å²) in [4.78, 5) is 11.6. The second-order valence-corrected chi connectivity index (χ2v) is 11.8. The van der Waals surface area contributed by atoms with Crippen molar-refractivity contribution in [2.24, 2.45) is 5.92 Å². The van der Waals surface area contributed by atoms with Gasteiger partial charge in [-0.25, -0.2) is 9.97 Å². The summed E-state index contributed by atoms with van der Waals surface area (Å²) in [6.45, 7) is 5.69. The highest BCUT2D eigenvalue weighted by Gasteiger charge is 2.46. The molecule has 3 saturated heterocycles. The number of nitrogens with two attached hydrogens (primary N) is 1. The van der Waals surface area contributed by atoms with Crippen molar-refractivity contribution in [1.29, 1.82) is 0 Å². The summed E-state index contributed by atoms with van der Waals surface area (Å²) in [6, 6.07) is 8.79. The van der Waals surface area contributed by atoms with E-state index in [1.807, 2.05) is 6.07 Å². The number of anilines is 1. The molecule has 38 heavy (non-hydrogen) atoms. The van der Waals surface area contributed by atoms with Gasteiger partial charge in [-0.3, -0.25) is 4.90 Å². The molecule has 0 radical (unpaired) electrons. The van der Waals surface area contributed by atoms with E-state index in [2.05, 4.69) is 38.8 Å². The van der Waals surface area contributed by atoms with Crippen LogP contribution in [0.3, 0.4) is 0 Å². The van der Waals surface area contributed by atoms with Gasteiger partial charge in [0.2, 0.25) is 0 Å². The molecule has 0 spiro atoms. The van der Waals surface area contributed by atoms with Gasteiger partial charge in [0, 0.05) is 37.4 Å². The van der Waals surface area contributed by atoms with Crippen molar-refractivity contribution in [3.05, 3.63) is 36.8 Å². The molecule has 1 aromatic carbocycles. The smallest absolute Gasteiger partial charge is 0.146 e. The SMILES string of the molecule is Nc1ncnc2c1c(-c1cccc(OCC34CCC(CC3)O4)c1)cn2[C@H]1CC[C@H](CN2CCOCC2)CC1. The van der Waals surface area contributed by atoms with Gasteiger partial charge in [-0.1, -0.05) is 12.1 Å². The van der Waals surface area contributed by atoms with Gasteiger partial charge in [0.1, 0.15) is 35.7 Å². The zero-order valence-corrected chi connectivity index (χ0v) is 22.2. The molecule has 3 aromatic rings. The van der Waals surface area contributed by atoms with Crippen LogP contribution >= 0.6 is 0 Å². The minimum atomic E-state index is -0.0877. The number of fused-ring (bicyclic) bond motifs is 3. The van der Waals surface area contributed by atoms with Crippen molar-refractivity contribution in [1.82, 2.24) is 19.4 Å². The van der Waals surface area contributed by atoms with Gasteiger partial charge < -0.3 is 24.5 Å². The van der Waals surface area contributed by atoms with Gasteiger partial charge in [-0.2, -0.15) is 0 Å². The van der Waals surface area contributed by atoms with Gasteiger partial charge in [-0.15, -0.1) is 0 Å². The molecule has 2 N–H and O–H groups in total. The average Bonchev–Trinajstić information content (AvgIpc) is 3.68. The zero-order chi connectivity index (χ0) is 25.5. The van der Waals surface area contributed by atoms with E-state index >= 15 is 0 Å². The molecule has 2 aromatic heterocycles. The Morgan fingerprint density at radius 3 is 2.61 bits per heavy atom. The first kappa shape index (κ1) is 24.4. The lowest BCUT2D eigenvalue weighted by atomic mass is 9.85. The summed E-state index contributed by atoms with van der Waals surface area (Å²) < 4.78 is 20.4. The number of morpholine rings is 1. The number of ether oxygens (including phenoxy) is 3. The van der Waals surface area contributed by atoms with Crippen molar-refractivity contribution in [2.75, 3.05) is 45.2 Å². The largest absolute Gasteiger partial charge is 0.491 e. The van der Waals surface area contributed by atoms with Crippen LogP contribution in [0.5, 0.6) is 5.75 Å². The number of hydrogen-bond donors (Lipinski definition) is 1. The molecule has 7 rings (SSSR count).